The lowest BCUT2D eigenvalue weighted by Crippen LogP contribution is -2.19. The van der Waals surface area contributed by atoms with Crippen LogP contribution >= 0.6 is 11.8 Å². The van der Waals surface area contributed by atoms with Gasteiger partial charge < -0.3 is 10.4 Å². The second-order valence-electron chi connectivity index (χ2n) is 5.82. The van der Waals surface area contributed by atoms with E-state index in [0.717, 1.165) is 11.3 Å². The number of carboxylic acids is 1. The van der Waals surface area contributed by atoms with Crippen molar-refractivity contribution in [1.82, 2.24) is 5.32 Å². The standard InChI is InChI=1S/C16H25NO2S/c1-5-10-16(2,3)11-20-14(17-4)12-6-8-13(9-7-12)15(18)19/h6-9,14,17H,5,10-11H2,1-4H3,(H,18,19). The van der Waals surface area contributed by atoms with E-state index in [4.69, 9.17) is 5.11 Å². The van der Waals surface area contributed by atoms with Crippen LogP contribution in [0.25, 0.3) is 0 Å². The third-order valence-electron chi connectivity index (χ3n) is 3.29. The molecule has 1 rings (SSSR count). The zero-order chi connectivity index (χ0) is 15.2. The molecule has 0 aromatic heterocycles. The fourth-order valence-electron chi connectivity index (χ4n) is 2.20. The van der Waals surface area contributed by atoms with Gasteiger partial charge in [-0.2, -0.15) is 0 Å². The molecular weight excluding hydrogens is 270 g/mol. The Morgan fingerprint density at radius 1 is 1.35 bits per heavy atom. The van der Waals surface area contributed by atoms with Crippen molar-refractivity contribution in [2.75, 3.05) is 12.8 Å². The van der Waals surface area contributed by atoms with Crippen molar-refractivity contribution in [2.24, 2.45) is 5.41 Å². The Kier molecular flexibility index (Phi) is 6.56. The van der Waals surface area contributed by atoms with Crippen LogP contribution in [-0.4, -0.2) is 23.9 Å². The molecule has 1 aromatic rings. The fourth-order valence-corrected chi connectivity index (χ4v) is 3.48. The first-order chi connectivity index (χ1) is 9.39. The lowest BCUT2D eigenvalue weighted by molar-refractivity contribution is 0.0697. The Morgan fingerprint density at radius 2 is 1.95 bits per heavy atom. The van der Waals surface area contributed by atoms with Gasteiger partial charge in [-0.25, -0.2) is 4.79 Å². The molecule has 1 unspecified atom stereocenters. The second-order valence-corrected chi connectivity index (χ2v) is 6.91. The van der Waals surface area contributed by atoms with Crippen LogP contribution in [-0.2, 0) is 0 Å². The summed E-state index contributed by atoms with van der Waals surface area (Å²) < 4.78 is 0. The number of hydrogen-bond donors (Lipinski definition) is 2. The average Bonchev–Trinajstić information content (AvgIpc) is 2.39. The molecule has 0 saturated carbocycles. The van der Waals surface area contributed by atoms with Crippen LogP contribution in [0.2, 0.25) is 0 Å². The molecule has 1 atom stereocenters. The molecule has 0 saturated heterocycles. The SMILES string of the molecule is CCCC(C)(C)CSC(NC)c1ccc(C(=O)O)cc1. The number of carboxylic acid groups (broad SMARTS) is 1. The minimum Gasteiger partial charge on any atom is -0.478 e. The number of thioether (sulfide) groups is 1. The van der Waals surface area contributed by atoms with Gasteiger partial charge in [0.15, 0.2) is 0 Å². The first kappa shape index (κ1) is 17.1. The second kappa shape index (κ2) is 7.70. The minimum absolute atomic E-state index is 0.203. The highest BCUT2D eigenvalue weighted by atomic mass is 32.2. The molecule has 0 bridgehead atoms. The number of nitrogens with one attached hydrogen (secondary N) is 1. The predicted octanol–water partition coefficient (Wildman–Crippen LogP) is 4.16. The van der Waals surface area contributed by atoms with E-state index in [1.54, 1.807) is 12.1 Å². The van der Waals surface area contributed by atoms with Crippen molar-refractivity contribution in [3.8, 4) is 0 Å². The summed E-state index contributed by atoms with van der Waals surface area (Å²) in [6, 6.07) is 7.12. The van der Waals surface area contributed by atoms with E-state index in [-0.39, 0.29) is 5.37 Å². The van der Waals surface area contributed by atoms with Gasteiger partial charge >= 0.3 is 5.97 Å². The van der Waals surface area contributed by atoms with Crippen molar-refractivity contribution in [2.45, 2.75) is 39.0 Å². The molecular formula is C16H25NO2S. The molecule has 3 nitrogen and oxygen atoms in total. The zero-order valence-corrected chi connectivity index (χ0v) is 13.6. The maximum atomic E-state index is 10.9. The maximum Gasteiger partial charge on any atom is 0.335 e. The van der Waals surface area contributed by atoms with Crippen molar-refractivity contribution in [1.29, 1.82) is 0 Å². The van der Waals surface area contributed by atoms with Gasteiger partial charge in [0.2, 0.25) is 0 Å². The smallest absolute Gasteiger partial charge is 0.335 e. The van der Waals surface area contributed by atoms with Gasteiger partial charge in [-0.1, -0.05) is 39.3 Å². The van der Waals surface area contributed by atoms with Crippen molar-refractivity contribution >= 4 is 17.7 Å². The maximum absolute atomic E-state index is 10.9. The van der Waals surface area contributed by atoms with E-state index in [9.17, 15) is 4.79 Å². The van der Waals surface area contributed by atoms with Gasteiger partial charge in [0.05, 0.1) is 10.9 Å². The lowest BCUT2D eigenvalue weighted by atomic mass is 9.91. The summed E-state index contributed by atoms with van der Waals surface area (Å²) in [5.41, 5.74) is 1.78. The van der Waals surface area contributed by atoms with Crippen molar-refractivity contribution in [3.05, 3.63) is 35.4 Å². The third kappa shape index (κ3) is 5.17. The van der Waals surface area contributed by atoms with Gasteiger partial charge in [0, 0.05) is 5.75 Å². The average molecular weight is 295 g/mol. The molecule has 1 aromatic carbocycles. The highest BCUT2D eigenvalue weighted by molar-refractivity contribution is 7.99. The van der Waals surface area contributed by atoms with Crippen LogP contribution in [0.4, 0.5) is 0 Å². The van der Waals surface area contributed by atoms with Crippen molar-refractivity contribution in [3.63, 3.8) is 0 Å². The number of aromatic carboxylic acids is 1. The molecule has 0 heterocycles. The number of benzene rings is 1. The lowest BCUT2D eigenvalue weighted by Gasteiger charge is -2.26. The molecule has 4 heteroatoms. The van der Waals surface area contributed by atoms with Crippen molar-refractivity contribution < 1.29 is 9.90 Å². The predicted molar refractivity (Wildman–Crippen MR) is 86.3 cm³/mol. The van der Waals surface area contributed by atoms with Crippen LogP contribution < -0.4 is 5.32 Å². The normalized spacial score (nSPS) is 13.2. The Labute approximate surface area is 126 Å². The molecule has 0 aliphatic rings. The van der Waals surface area contributed by atoms with E-state index >= 15 is 0 Å². The van der Waals surface area contributed by atoms with E-state index in [1.165, 1.54) is 12.8 Å². The molecule has 2 N–H and O–H groups in total. The molecule has 0 aliphatic carbocycles. The van der Waals surface area contributed by atoms with Gasteiger partial charge in [-0.05, 0) is 36.6 Å². The quantitative estimate of drug-likeness (QED) is 0.707. The van der Waals surface area contributed by atoms with Crippen LogP contribution in [0.1, 0.15) is 54.9 Å². The van der Waals surface area contributed by atoms with E-state index in [2.05, 4.69) is 26.1 Å². The Balaban J connectivity index is 2.68. The summed E-state index contributed by atoms with van der Waals surface area (Å²) in [6.07, 6.45) is 2.42. The third-order valence-corrected chi connectivity index (χ3v) is 5.08. The minimum atomic E-state index is -0.880. The molecule has 112 valence electrons. The van der Waals surface area contributed by atoms with Gasteiger partial charge in [0.1, 0.15) is 0 Å². The highest BCUT2D eigenvalue weighted by Gasteiger charge is 2.20. The molecule has 0 fully saturated rings. The summed E-state index contributed by atoms with van der Waals surface area (Å²) in [7, 11) is 1.94. The molecule has 20 heavy (non-hydrogen) atoms. The monoisotopic (exact) mass is 295 g/mol. The molecule has 0 radical (unpaired) electrons. The van der Waals surface area contributed by atoms with Crippen LogP contribution in [0.5, 0.6) is 0 Å². The summed E-state index contributed by atoms with van der Waals surface area (Å²) in [4.78, 5) is 10.9. The molecule has 0 aliphatic heterocycles. The summed E-state index contributed by atoms with van der Waals surface area (Å²) >= 11 is 1.88. The summed E-state index contributed by atoms with van der Waals surface area (Å²) in [6.45, 7) is 6.81. The fraction of sp³-hybridized carbons (Fsp3) is 0.562. The Bertz CT molecular complexity index is 429. The largest absolute Gasteiger partial charge is 0.478 e. The first-order valence-corrected chi connectivity index (χ1v) is 8.06. The topological polar surface area (TPSA) is 49.3 Å². The zero-order valence-electron chi connectivity index (χ0n) is 12.8. The molecule has 0 spiro atoms. The Hall–Kier alpha value is -1.00. The highest BCUT2D eigenvalue weighted by Crippen LogP contribution is 2.34. The van der Waals surface area contributed by atoms with Gasteiger partial charge in [0.25, 0.3) is 0 Å². The van der Waals surface area contributed by atoms with E-state index < -0.39 is 5.97 Å². The molecule has 0 amide bonds. The Morgan fingerprint density at radius 3 is 2.40 bits per heavy atom. The number of rotatable bonds is 8. The van der Waals surface area contributed by atoms with Crippen LogP contribution in [0, 0.1) is 5.41 Å². The van der Waals surface area contributed by atoms with Crippen LogP contribution in [0.15, 0.2) is 24.3 Å². The van der Waals surface area contributed by atoms with E-state index in [0.29, 0.717) is 11.0 Å². The van der Waals surface area contributed by atoms with Gasteiger partial charge in [-0.15, -0.1) is 11.8 Å². The van der Waals surface area contributed by atoms with E-state index in [1.807, 2.05) is 30.9 Å². The number of hydrogen-bond acceptors (Lipinski definition) is 3. The summed E-state index contributed by atoms with van der Waals surface area (Å²) in [5.74, 6) is 0.196. The number of carbonyl (C=O) groups is 1. The van der Waals surface area contributed by atoms with Gasteiger partial charge in [-0.3, -0.25) is 0 Å². The first-order valence-electron chi connectivity index (χ1n) is 7.02. The van der Waals surface area contributed by atoms with Crippen LogP contribution in [0.3, 0.4) is 0 Å². The summed E-state index contributed by atoms with van der Waals surface area (Å²) in [5, 5.41) is 12.4.